The molecule has 1 aliphatic rings. The normalized spacial score (nSPS) is 19.7. The summed E-state index contributed by atoms with van der Waals surface area (Å²) < 4.78 is 38.2. The van der Waals surface area contributed by atoms with Crippen molar-refractivity contribution in [1.29, 1.82) is 0 Å². The minimum Gasteiger partial charge on any atom is -0.391 e. The van der Waals surface area contributed by atoms with E-state index in [-0.39, 0.29) is 6.04 Å². The summed E-state index contributed by atoms with van der Waals surface area (Å²) in [5, 5.41) is 25.7. The Bertz CT molecular complexity index is 955. The van der Waals surface area contributed by atoms with E-state index in [2.05, 4.69) is 20.7 Å². The van der Waals surface area contributed by atoms with Gasteiger partial charge in [0.2, 0.25) is 5.82 Å². The van der Waals surface area contributed by atoms with E-state index in [4.69, 9.17) is 0 Å². The number of halogens is 3. The Hall–Kier alpha value is -2.94. The molecule has 2 aromatic carbocycles. The van der Waals surface area contributed by atoms with E-state index in [1.54, 1.807) is 18.2 Å². The molecule has 0 spiro atoms. The highest BCUT2D eigenvalue weighted by Crippen LogP contribution is 2.33. The van der Waals surface area contributed by atoms with Gasteiger partial charge in [0, 0.05) is 16.9 Å². The van der Waals surface area contributed by atoms with Gasteiger partial charge in [0.25, 0.3) is 0 Å². The molecule has 6 nitrogen and oxygen atoms in total. The molecule has 2 atom stereocenters. The monoisotopic (exact) mass is 389 g/mol. The van der Waals surface area contributed by atoms with Crippen molar-refractivity contribution in [3.05, 3.63) is 54.1 Å². The van der Waals surface area contributed by atoms with Gasteiger partial charge in [-0.15, -0.1) is 10.2 Å². The first-order chi connectivity index (χ1) is 13.4. The zero-order valence-electron chi connectivity index (χ0n) is 14.8. The van der Waals surface area contributed by atoms with Crippen LogP contribution in [0.5, 0.6) is 0 Å². The van der Waals surface area contributed by atoms with E-state index in [0.717, 1.165) is 25.0 Å². The van der Waals surface area contributed by atoms with E-state index >= 15 is 0 Å². The third-order valence-corrected chi connectivity index (χ3v) is 4.83. The number of benzene rings is 2. The van der Waals surface area contributed by atoms with Crippen LogP contribution in [0.1, 0.15) is 30.9 Å². The summed E-state index contributed by atoms with van der Waals surface area (Å²) in [5.41, 5.74) is 1.13. The number of aliphatic hydroxyl groups is 1. The van der Waals surface area contributed by atoms with Gasteiger partial charge in [-0.1, -0.05) is 12.1 Å². The lowest BCUT2D eigenvalue weighted by Gasteiger charge is -2.12. The lowest BCUT2D eigenvalue weighted by atomic mass is 10.1. The third-order valence-electron chi connectivity index (χ3n) is 4.83. The minimum absolute atomic E-state index is 0.184. The summed E-state index contributed by atoms with van der Waals surface area (Å²) in [6, 6.07) is 11.8. The standard InChI is InChI=1S/C19H18F3N5O/c20-19(21,22)12-8-10-13(11-9-12)23-15-5-2-1-4-14(15)18-24-26-27(25-18)16-6-3-7-17(16)28/h1-2,4-5,8-11,16-17,23,28H,3,6-7H2/t16-,17+/m1/s1. The fraction of sp³-hybridized carbons (Fsp3) is 0.316. The van der Waals surface area contributed by atoms with Crippen LogP contribution in [-0.2, 0) is 6.18 Å². The van der Waals surface area contributed by atoms with E-state index in [9.17, 15) is 18.3 Å². The van der Waals surface area contributed by atoms with Gasteiger partial charge in [-0.2, -0.15) is 18.0 Å². The average molecular weight is 389 g/mol. The Morgan fingerprint density at radius 1 is 1.04 bits per heavy atom. The summed E-state index contributed by atoms with van der Waals surface area (Å²) in [4.78, 5) is 1.45. The molecular weight excluding hydrogens is 371 g/mol. The number of para-hydroxylation sites is 1. The SMILES string of the molecule is O[C@H]1CCC[C@H]1n1nnc(-c2ccccc2Nc2ccc(C(F)(F)F)cc2)n1. The molecule has 1 saturated carbocycles. The van der Waals surface area contributed by atoms with Crippen molar-refractivity contribution in [2.75, 3.05) is 5.32 Å². The number of rotatable bonds is 4. The number of nitrogens with zero attached hydrogens (tertiary/aromatic N) is 4. The second-order valence-electron chi connectivity index (χ2n) is 6.74. The highest BCUT2D eigenvalue weighted by Gasteiger charge is 2.30. The predicted octanol–water partition coefficient (Wildman–Crippen LogP) is 4.19. The number of aliphatic hydroxyl groups excluding tert-OH is 1. The molecule has 9 heteroatoms. The van der Waals surface area contributed by atoms with Crippen LogP contribution in [0.25, 0.3) is 11.4 Å². The molecule has 0 bridgehead atoms. The Morgan fingerprint density at radius 3 is 2.46 bits per heavy atom. The van der Waals surface area contributed by atoms with Gasteiger partial charge in [0.1, 0.15) is 0 Å². The molecule has 146 valence electrons. The lowest BCUT2D eigenvalue weighted by molar-refractivity contribution is -0.137. The summed E-state index contributed by atoms with van der Waals surface area (Å²) in [6.45, 7) is 0. The van der Waals surface area contributed by atoms with Gasteiger partial charge < -0.3 is 10.4 Å². The average Bonchev–Trinajstić information content (AvgIpc) is 3.31. The molecule has 0 radical (unpaired) electrons. The second kappa shape index (κ2) is 7.23. The Balaban J connectivity index is 1.58. The highest BCUT2D eigenvalue weighted by molar-refractivity contribution is 5.77. The highest BCUT2D eigenvalue weighted by atomic mass is 19.4. The van der Waals surface area contributed by atoms with Gasteiger partial charge in [-0.25, -0.2) is 0 Å². The van der Waals surface area contributed by atoms with Crippen LogP contribution >= 0.6 is 0 Å². The quantitative estimate of drug-likeness (QED) is 0.700. The maximum atomic E-state index is 12.7. The molecule has 1 fully saturated rings. The first-order valence-electron chi connectivity index (χ1n) is 8.93. The molecule has 0 amide bonds. The van der Waals surface area contributed by atoms with Crippen LogP contribution < -0.4 is 5.32 Å². The molecule has 1 heterocycles. The van der Waals surface area contributed by atoms with Crippen LogP contribution in [0.3, 0.4) is 0 Å². The van der Waals surface area contributed by atoms with Crippen molar-refractivity contribution in [2.45, 2.75) is 37.6 Å². The molecule has 3 aromatic rings. The fourth-order valence-electron chi connectivity index (χ4n) is 3.35. The van der Waals surface area contributed by atoms with Gasteiger partial charge >= 0.3 is 6.18 Å². The lowest BCUT2D eigenvalue weighted by Crippen LogP contribution is -2.20. The molecule has 0 unspecified atom stereocenters. The summed E-state index contributed by atoms with van der Waals surface area (Å²) in [7, 11) is 0. The largest absolute Gasteiger partial charge is 0.416 e. The molecule has 1 aliphatic carbocycles. The number of hydrogen-bond donors (Lipinski definition) is 2. The summed E-state index contributed by atoms with van der Waals surface area (Å²) in [6.07, 6.45) is -2.43. The van der Waals surface area contributed by atoms with E-state index < -0.39 is 17.8 Å². The van der Waals surface area contributed by atoms with Gasteiger partial charge in [-0.3, -0.25) is 0 Å². The van der Waals surface area contributed by atoms with E-state index in [0.29, 0.717) is 29.2 Å². The number of aromatic nitrogens is 4. The first kappa shape index (κ1) is 18.4. The molecule has 28 heavy (non-hydrogen) atoms. The van der Waals surface area contributed by atoms with Gasteiger partial charge in [0.05, 0.1) is 17.7 Å². The zero-order valence-corrected chi connectivity index (χ0v) is 14.8. The van der Waals surface area contributed by atoms with Crippen molar-refractivity contribution in [3.8, 4) is 11.4 Å². The van der Waals surface area contributed by atoms with Crippen LogP contribution in [0.4, 0.5) is 24.5 Å². The number of anilines is 2. The van der Waals surface area contributed by atoms with Crippen molar-refractivity contribution >= 4 is 11.4 Å². The van der Waals surface area contributed by atoms with Crippen LogP contribution in [0.2, 0.25) is 0 Å². The predicted molar refractivity (Wildman–Crippen MR) is 96.9 cm³/mol. The van der Waals surface area contributed by atoms with E-state index in [1.807, 2.05) is 6.07 Å². The summed E-state index contributed by atoms with van der Waals surface area (Å²) >= 11 is 0. The number of tetrazole rings is 1. The Morgan fingerprint density at radius 2 is 1.79 bits per heavy atom. The first-order valence-corrected chi connectivity index (χ1v) is 8.93. The smallest absolute Gasteiger partial charge is 0.391 e. The Kier molecular flexibility index (Phi) is 4.76. The number of alkyl halides is 3. The van der Waals surface area contributed by atoms with Crippen molar-refractivity contribution in [1.82, 2.24) is 20.2 Å². The molecular formula is C19H18F3N5O. The molecule has 4 rings (SSSR count). The maximum Gasteiger partial charge on any atom is 0.416 e. The zero-order chi connectivity index (χ0) is 19.7. The van der Waals surface area contributed by atoms with Crippen LogP contribution in [0.15, 0.2) is 48.5 Å². The summed E-state index contributed by atoms with van der Waals surface area (Å²) in [5.74, 6) is 0.383. The van der Waals surface area contributed by atoms with Crippen molar-refractivity contribution < 1.29 is 18.3 Å². The number of hydrogen-bond acceptors (Lipinski definition) is 5. The van der Waals surface area contributed by atoms with Crippen molar-refractivity contribution in [3.63, 3.8) is 0 Å². The third kappa shape index (κ3) is 3.70. The number of nitrogens with one attached hydrogen (secondary N) is 1. The van der Waals surface area contributed by atoms with E-state index in [1.165, 1.54) is 16.9 Å². The molecule has 1 aromatic heterocycles. The van der Waals surface area contributed by atoms with Crippen LogP contribution in [-0.4, -0.2) is 31.4 Å². The second-order valence-corrected chi connectivity index (χ2v) is 6.74. The van der Waals surface area contributed by atoms with Gasteiger partial charge in [0.15, 0.2) is 0 Å². The van der Waals surface area contributed by atoms with Crippen molar-refractivity contribution in [2.24, 2.45) is 0 Å². The molecule has 2 N–H and O–H groups in total. The molecule has 0 saturated heterocycles. The molecule has 0 aliphatic heterocycles. The van der Waals surface area contributed by atoms with Gasteiger partial charge in [-0.05, 0) is 60.9 Å². The fourth-order valence-corrected chi connectivity index (χ4v) is 3.35. The topological polar surface area (TPSA) is 75.9 Å². The Labute approximate surface area is 159 Å². The van der Waals surface area contributed by atoms with Crippen LogP contribution in [0, 0.1) is 0 Å². The minimum atomic E-state index is -4.37. The maximum absolute atomic E-state index is 12.7.